The summed E-state index contributed by atoms with van der Waals surface area (Å²) in [6.45, 7) is 6.15. The molecule has 1 aromatic rings. The number of piperazine rings is 1. The SMILES string of the molecule is CN(C)CCN1CCN(C(=O)c2cn3c(nc2=O)C2(CCN(S(C)(=O)=O)C2)CC3)CC1. The van der Waals surface area contributed by atoms with Crippen LogP contribution in [0.15, 0.2) is 11.0 Å². The Hall–Kier alpha value is -1.82. The van der Waals surface area contributed by atoms with Crippen molar-refractivity contribution in [1.82, 2.24) is 28.6 Å². The monoisotopic (exact) mass is 452 g/mol. The van der Waals surface area contributed by atoms with Crippen molar-refractivity contribution in [3.63, 3.8) is 0 Å². The second-order valence-corrected chi connectivity index (χ2v) is 11.3. The molecule has 11 heteroatoms. The lowest BCUT2D eigenvalue weighted by Gasteiger charge is -2.35. The zero-order valence-electron chi connectivity index (χ0n) is 18.6. The van der Waals surface area contributed by atoms with Crippen LogP contribution < -0.4 is 5.56 Å². The van der Waals surface area contributed by atoms with Gasteiger partial charge < -0.3 is 14.4 Å². The molecule has 1 spiro atoms. The van der Waals surface area contributed by atoms with Crippen LogP contribution in [0, 0.1) is 0 Å². The average molecular weight is 453 g/mol. The van der Waals surface area contributed by atoms with Crippen LogP contribution >= 0.6 is 0 Å². The molecule has 0 radical (unpaired) electrons. The van der Waals surface area contributed by atoms with Crippen molar-refractivity contribution < 1.29 is 13.2 Å². The van der Waals surface area contributed by atoms with Crippen molar-refractivity contribution in [2.75, 3.05) is 72.7 Å². The number of sulfonamides is 1. The molecule has 2 fully saturated rings. The number of rotatable bonds is 5. The van der Waals surface area contributed by atoms with Crippen molar-refractivity contribution in [2.24, 2.45) is 0 Å². The van der Waals surface area contributed by atoms with Gasteiger partial charge >= 0.3 is 0 Å². The Bertz CT molecular complexity index is 1010. The molecule has 1 aromatic heterocycles. The number of amides is 1. The van der Waals surface area contributed by atoms with Crippen LogP contribution in [0.1, 0.15) is 29.0 Å². The third kappa shape index (κ3) is 4.41. The van der Waals surface area contributed by atoms with E-state index >= 15 is 0 Å². The number of carbonyl (C=O) groups excluding carboxylic acids is 1. The summed E-state index contributed by atoms with van der Waals surface area (Å²) in [5, 5.41) is 0. The van der Waals surface area contributed by atoms with Crippen LogP contribution in [0.4, 0.5) is 0 Å². The Morgan fingerprint density at radius 3 is 2.42 bits per heavy atom. The van der Waals surface area contributed by atoms with Gasteiger partial charge in [-0.3, -0.25) is 14.5 Å². The molecule has 1 atom stereocenters. The van der Waals surface area contributed by atoms with E-state index < -0.39 is 21.0 Å². The van der Waals surface area contributed by atoms with Gasteiger partial charge in [-0.15, -0.1) is 0 Å². The van der Waals surface area contributed by atoms with Gasteiger partial charge in [0.1, 0.15) is 11.4 Å². The first kappa shape index (κ1) is 22.4. The molecule has 10 nitrogen and oxygen atoms in total. The summed E-state index contributed by atoms with van der Waals surface area (Å²) in [7, 11) is 0.811. The standard InChI is InChI=1S/C20H32N6O4S/c1-22(2)8-9-23-10-12-24(13-11-23)18(28)16-14-25-6-4-20(19(25)21-17(16)27)5-7-26(15-20)31(3,29)30/h14H,4-13,15H2,1-3H3. The van der Waals surface area contributed by atoms with E-state index in [1.165, 1.54) is 10.6 Å². The van der Waals surface area contributed by atoms with Gasteiger partial charge in [0, 0.05) is 70.5 Å². The maximum Gasteiger partial charge on any atom is 0.285 e. The third-order valence-corrected chi connectivity index (χ3v) is 8.09. The summed E-state index contributed by atoms with van der Waals surface area (Å²) in [6.07, 6.45) is 4.23. The predicted octanol–water partition coefficient (Wildman–Crippen LogP) is -1.13. The summed E-state index contributed by atoms with van der Waals surface area (Å²) < 4.78 is 27.2. The van der Waals surface area contributed by atoms with Crippen LogP contribution in [0.2, 0.25) is 0 Å². The van der Waals surface area contributed by atoms with Gasteiger partial charge in [-0.05, 0) is 26.9 Å². The zero-order valence-corrected chi connectivity index (χ0v) is 19.4. The maximum absolute atomic E-state index is 13.0. The van der Waals surface area contributed by atoms with Crippen LogP contribution in [0.5, 0.6) is 0 Å². The first-order valence-corrected chi connectivity index (χ1v) is 12.7. The largest absolute Gasteiger partial charge is 0.336 e. The maximum atomic E-state index is 13.0. The van der Waals surface area contributed by atoms with Crippen LogP contribution in [0.3, 0.4) is 0 Å². The van der Waals surface area contributed by atoms with Gasteiger partial charge in [-0.25, -0.2) is 12.7 Å². The van der Waals surface area contributed by atoms with Gasteiger partial charge in [0.2, 0.25) is 10.0 Å². The highest BCUT2D eigenvalue weighted by molar-refractivity contribution is 7.88. The molecular formula is C20H32N6O4S. The van der Waals surface area contributed by atoms with Crippen molar-refractivity contribution in [2.45, 2.75) is 24.8 Å². The third-order valence-electron chi connectivity index (χ3n) is 6.84. The minimum atomic E-state index is -3.28. The lowest BCUT2D eigenvalue weighted by atomic mass is 9.85. The number of aromatic nitrogens is 2. The van der Waals surface area contributed by atoms with Crippen molar-refractivity contribution >= 4 is 15.9 Å². The fourth-order valence-electron chi connectivity index (χ4n) is 4.87. The molecule has 1 unspecified atom stereocenters. The average Bonchev–Trinajstić information content (AvgIpc) is 3.31. The predicted molar refractivity (Wildman–Crippen MR) is 117 cm³/mol. The fraction of sp³-hybridized carbons (Fsp3) is 0.750. The fourth-order valence-corrected chi connectivity index (χ4v) is 5.77. The van der Waals surface area contributed by atoms with E-state index in [1.54, 1.807) is 11.1 Å². The van der Waals surface area contributed by atoms with E-state index in [2.05, 4.69) is 14.8 Å². The Balaban J connectivity index is 1.48. The quantitative estimate of drug-likeness (QED) is 0.557. The van der Waals surface area contributed by atoms with Crippen molar-refractivity contribution in [3.8, 4) is 0 Å². The summed E-state index contributed by atoms with van der Waals surface area (Å²) in [6, 6.07) is 0. The van der Waals surface area contributed by atoms with Crippen LogP contribution in [-0.4, -0.2) is 116 Å². The topological polar surface area (TPSA) is 99.1 Å². The van der Waals surface area contributed by atoms with E-state index in [9.17, 15) is 18.0 Å². The summed E-state index contributed by atoms with van der Waals surface area (Å²) in [4.78, 5) is 36.4. The molecular weight excluding hydrogens is 420 g/mol. The molecule has 0 bridgehead atoms. The normalized spacial score (nSPS) is 25.0. The molecule has 31 heavy (non-hydrogen) atoms. The molecule has 4 heterocycles. The molecule has 0 aromatic carbocycles. The van der Waals surface area contributed by atoms with Gasteiger partial charge in [0.15, 0.2) is 0 Å². The molecule has 0 saturated carbocycles. The molecule has 3 aliphatic heterocycles. The number of aryl methyl sites for hydroxylation is 1. The summed E-state index contributed by atoms with van der Waals surface area (Å²) in [5.41, 5.74) is -0.826. The first-order valence-electron chi connectivity index (χ1n) is 10.8. The number of carbonyl (C=O) groups is 1. The van der Waals surface area contributed by atoms with E-state index in [0.29, 0.717) is 45.0 Å². The summed E-state index contributed by atoms with van der Waals surface area (Å²) in [5.74, 6) is 0.360. The van der Waals surface area contributed by atoms with Gasteiger partial charge in [0.25, 0.3) is 11.5 Å². The zero-order chi connectivity index (χ0) is 22.4. The Morgan fingerprint density at radius 1 is 1.13 bits per heavy atom. The second kappa shape index (κ2) is 8.27. The minimum absolute atomic E-state index is 0.112. The highest BCUT2D eigenvalue weighted by Crippen LogP contribution is 2.41. The van der Waals surface area contributed by atoms with E-state index in [1.807, 2.05) is 18.7 Å². The molecule has 1 amide bonds. The smallest absolute Gasteiger partial charge is 0.285 e. The van der Waals surface area contributed by atoms with Crippen LogP contribution in [0.25, 0.3) is 0 Å². The molecule has 0 aliphatic carbocycles. The highest BCUT2D eigenvalue weighted by Gasteiger charge is 2.48. The molecule has 3 aliphatic rings. The highest BCUT2D eigenvalue weighted by atomic mass is 32.2. The molecule has 2 saturated heterocycles. The Labute approximate surface area is 183 Å². The minimum Gasteiger partial charge on any atom is -0.336 e. The van der Waals surface area contributed by atoms with Crippen LogP contribution in [-0.2, 0) is 22.0 Å². The van der Waals surface area contributed by atoms with E-state index in [0.717, 1.165) is 32.6 Å². The molecule has 4 rings (SSSR count). The Kier molecular flexibility index (Phi) is 5.97. The number of hydrogen-bond donors (Lipinski definition) is 0. The lowest BCUT2D eigenvalue weighted by Crippen LogP contribution is -2.50. The lowest BCUT2D eigenvalue weighted by molar-refractivity contribution is 0.0627. The first-order chi connectivity index (χ1) is 14.6. The molecule has 172 valence electrons. The van der Waals surface area contributed by atoms with Crippen molar-refractivity contribution in [3.05, 3.63) is 27.9 Å². The number of hydrogen-bond acceptors (Lipinski definition) is 7. The van der Waals surface area contributed by atoms with E-state index in [4.69, 9.17) is 0 Å². The number of likely N-dealkylation sites (N-methyl/N-ethyl adjacent to an activating group) is 1. The molecule has 0 N–H and O–H groups in total. The number of nitrogens with zero attached hydrogens (tertiary/aromatic N) is 6. The van der Waals surface area contributed by atoms with E-state index in [-0.39, 0.29) is 11.5 Å². The van der Waals surface area contributed by atoms with Gasteiger partial charge in [-0.1, -0.05) is 0 Å². The summed E-state index contributed by atoms with van der Waals surface area (Å²) >= 11 is 0. The van der Waals surface area contributed by atoms with Gasteiger partial charge in [0.05, 0.1) is 6.26 Å². The second-order valence-electron chi connectivity index (χ2n) is 9.29. The van der Waals surface area contributed by atoms with Crippen molar-refractivity contribution in [1.29, 1.82) is 0 Å². The Morgan fingerprint density at radius 2 is 1.81 bits per heavy atom. The van der Waals surface area contributed by atoms with Gasteiger partial charge in [-0.2, -0.15) is 4.98 Å². The number of fused-ring (bicyclic) bond motifs is 2.